The zero-order chi connectivity index (χ0) is 13.0. The van der Waals surface area contributed by atoms with Crippen molar-refractivity contribution in [3.63, 3.8) is 0 Å². The fraction of sp³-hybridized carbons (Fsp3) is 0.385. The third kappa shape index (κ3) is 2.86. The van der Waals surface area contributed by atoms with Crippen molar-refractivity contribution < 1.29 is 4.74 Å². The summed E-state index contributed by atoms with van der Waals surface area (Å²) in [4.78, 5) is 7.65. The lowest BCUT2D eigenvalue weighted by molar-refractivity contribution is 0.131. The van der Waals surface area contributed by atoms with Gasteiger partial charge >= 0.3 is 0 Å². The molecule has 0 radical (unpaired) electrons. The summed E-state index contributed by atoms with van der Waals surface area (Å²) in [5, 5.41) is 0. The smallest absolute Gasteiger partial charge is 0.179 e. The molecule has 2 rings (SSSR count). The Morgan fingerprint density at radius 1 is 1.50 bits per heavy atom. The fourth-order valence-corrected chi connectivity index (χ4v) is 2.04. The average molecular weight is 263 g/mol. The van der Waals surface area contributed by atoms with Crippen molar-refractivity contribution in [3.05, 3.63) is 35.3 Å². The van der Waals surface area contributed by atoms with Crippen molar-refractivity contribution in [2.75, 3.05) is 13.2 Å². The Morgan fingerprint density at radius 3 is 3.11 bits per heavy atom. The molecule has 0 spiro atoms. The molecule has 2 aromatic rings. The summed E-state index contributed by atoms with van der Waals surface area (Å²) >= 11 is 5.29. The Balaban J connectivity index is 2.12. The summed E-state index contributed by atoms with van der Waals surface area (Å²) in [5.74, 6) is 0. The van der Waals surface area contributed by atoms with Gasteiger partial charge in [-0.3, -0.25) is 4.57 Å². The minimum atomic E-state index is 0.630. The van der Waals surface area contributed by atoms with E-state index in [9.17, 15) is 0 Å². The van der Waals surface area contributed by atoms with E-state index in [4.69, 9.17) is 17.0 Å². The van der Waals surface area contributed by atoms with Crippen LogP contribution in [0.1, 0.15) is 12.1 Å². The first-order valence-electron chi connectivity index (χ1n) is 5.97. The molecule has 0 aliphatic carbocycles. The van der Waals surface area contributed by atoms with Crippen LogP contribution < -0.4 is 0 Å². The Kier molecular flexibility index (Phi) is 4.28. The maximum Gasteiger partial charge on any atom is 0.179 e. The van der Waals surface area contributed by atoms with Crippen LogP contribution in [0.5, 0.6) is 0 Å². The average Bonchev–Trinajstić information content (AvgIpc) is 2.65. The molecule has 0 bridgehead atoms. The summed E-state index contributed by atoms with van der Waals surface area (Å²) in [5.41, 5.74) is 2.85. The second-order valence-corrected chi connectivity index (χ2v) is 4.48. The van der Waals surface area contributed by atoms with Crippen molar-refractivity contribution in [1.29, 1.82) is 0 Å². The van der Waals surface area contributed by atoms with Crippen LogP contribution in [0.4, 0.5) is 0 Å². The molecule has 0 fully saturated rings. The van der Waals surface area contributed by atoms with Crippen LogP contribution >= 0.6 is 12.2 Å². The molecule has 0 aliphatic heterocycles. The number of fused-ring (bicyclic) bond motifs is 1. The number of imidazole rings is 1. The van der Waals surface area contributed by atoms with E-state index in [1.807, 2.05) is 29.7 Å². The minimum Gasteiger partial charge on any atom is -0.379 e. The van der Waals surface area contributed by atoms with Gasteiger partial charge in [-0.05, 0) is 37.7 Å². The highest BCUT2D eigenvalue weighted by Crippen LogP contribution is 2.12. The first kappa shape index (κ1) is 13.0. The Labute approximate surface area is 111 Å². The molecule has 18 heavy (non-hydrogen) atoms. The number of ether oxygens (including phenoxy) is 1. The standard InChI is InChI=1S/C13H17N3OS/c1-3-4-8-17-9-7-16-12-11(15-13(16)18)6-5-10(2)14-12/h3,5-6H,1,4,7-9H2,2H3,(H,15,18). The molecule has 2 aromatic heterocycles. The lowest BCUT2D eigenvalue weighted by Gasteiger charge is -2.05. The van der Waals surface area contributed by atoms with Crippen molar-refractivity contribution in [2.45, 2.75) is 19.9 Å². The molecule has 0 unspecified atom stereocenters. The number of H-pyrrole nitrogens is 1. The second-order valence-electron chi connectivity index (χ2n) is 4.10. The van der Waals surface area contributed by atoms with Gasteiger partial charge in [0.25, 0.3) is 0 Å². The van der Waals surface area contributed by atoms with Gasteiger partial charge < -0.3 is 9.72 Å². The molecule has 0 amide bonds. The summed E-state index contributed by atoms with van der Waals surface area (Å²) in [6.07, 6.45) is 2.72. The van der Waals surface area contributed by atoms with Crippen LogP contribution in [0.2, 0.25) is 0 Å². The molecular weight excluding hydrogens is 246 g/mol. The molecule has 96 valence electrons. The van der Waals surface area contributed by atoms with Crippen LogP contribution in [0.15, 0.2) is 24.8 Å². The number of aromatic amines is 1. The normalized spacial score (nSPS) is 10.9. The maximum atomic E-state index is 5.50. The number of pyridine rings is 1. The van der Waals surface area contributed by atoms with Crippen molar-refractivity contribution in [1.82, 2.24) is 14.5 Å². The highest BCUT2D eigenvalue weighted by atomic mass is 32.1. The number of rotatable bonds is 6. The van der Waals surface area contributed by atoms with Crippen LogP contribution in [0.25, 0.3) is 11.2 Å². The molecule has 2 heterocycles. The van der Waals surface area contributed by atoms with Crippen molar-refractivity contribution in [3.8, 4) is 0 Å². The van der Waals surface area contributed by atoms with Gasteiger partial charge in [-0.1, -0.05) is 6.08 Å². The lowest BCUT2D eigenvalue weighted by Crippen LogP contribution is -2.07. The van der Waals surface area contributed by atoms with Gasteiger partial charge in [-0.25, -0.2) is 4.98 Å². The first-order valence-corrected chi connectivity index (χ1v) is 6.38. The van der Waals surface area contributed by atoms with Gasteiger partial charge in [-0.15, -0.1) is 6.58 Å². The monoisotopic (exact) mass is 263 g/mol. The first-order chi connectivity index (χ1) is 8.72. The molecule has 4 nitrogen and oxygen atoms in total. The van der Waals surface area contributed by atoms with E-state index >= 15 is 0 Å². The summed E-state index contributed by atoms with van der Waals surface area (Å²) in [6.45, 7) is 7.67. The van der Waals surface area contributed by atoms with Crippen LogP contribution in [0.3, 0.4) is 0 Å². The van der Waals surface area contributed by atoms with E-state index in [-0.39, 0.29) is 0 Å². The molecule has 1 N–H and O–H groups in total. The Hall–Kier alpha value is -1.46. The molecular formula is C13H17N3OS. The third-order valence-electron chi connectivity index (χ3n) is 2.68. The highest BCUT2D eigenvalue weighted by Gasteiger charge is 2.05. The molecule has 0 saturated carbocycles. The number of aryl methyl sites for hydroxylation is 1. The zero-order valence-corrected chi connectivity index (χ0v) is 11.3. The third-order valence-corrected chi connectivity index (χ3v) is 3.00. The number of nitrogens with zero attached hydrogens (tertiary/aromatic N) is 2. The van der Waals surface area contributed by atoms with E-state index < -0.39 is 0 Å². The maximum absolute atomic E-state index is 5.50. The second kappa shape index (κ2) is 5.93. The lowest BCUT2D eigenvalue weighted by atomic mass is 10.3. The number of hydrogen-bond donors (Lipinski definition) is 1. The molecule has 0 saturated heterocycles. The van der Waals surface area contributed by atoms with E-state index in [2.05, 4.69) is 16.5 Å². The summed E-state index contributed by atoms with van der Waals surface area (Å²) in [6, 6.07) is 3.97. The van der Waals surface area contributed by atoms with Gasteiger partial charge in [0.2, 0.25) is 0 Å². The van der Waals surface area contributed by atoms with Crippen LogP contribution in [-0.4, -0.2) is 27.7 Å². The summed E-state index contributed by atoms with van der Waals surface area (Å²) < 4.78 is 8.17. The van der Waals surface area contributed by atoms with Crippen LogP contribution in [0, 0.1) is 11.7 Å². The topological polar surface area (TPSA) is 42.8 Å². The number of hydrogen-bond acceptors (Lipinski definition) is 3. The quantitative estimate of drug-likeness (QED) is 0.495. The SMILES string of the molecule is C=CCCOCCn1c(=S)[nH]c2ccc(C)nc21. The number of nitrogens with one attached hydrogen (secondary N) is 1. The van der Waals surface area contributed by atoms with E-state index in [0.717, 1.165) is 23.3 Å². The van der Waals surface area contributed by atoms with Gasteiger partial charge in [0.15, 0.2) is 10.4 Å². The van der Waals surface area contributed by atoms with E-state index in [1.54, 1.807) is 0 Å². The van der Waals surface area contributed by atoms with E-state index in [0.29, 0.717) is 24.5 Å². The van der Waals surface area contributed by atoms with Gasteiger partial charge in [0, 0.05) is 5.69 Å². The Bertz CT molecular complexity index is 600. The number of aromatic nitrogens is 3. The van der Waals surface area contributed by atoms with Gasteiger partial charge in [-0.2, -0.15) is 0 Å². The Morgan fingerprint density at radius 2 is 2.33 bits per heavy atom. The zero-order valence-electron chi connectivity index (χ0n) is 10.5. The van der Waals surface area contributed by atoms with Crippen molar-refractivity contribution >= 4 is 23.4 Å². The fourth-order valence-electron chi connectivity index (χ4n) is 1.76. The largest absolute Gasteiger partial charge is 0.379 e. The van der Waals surface area contributed by atoms with Crippen LogP contribution in [-0.2, 0) is 11.3 Å². The van der Waals surface area contributed by atoms with Gasteiger partial charge in [0.05, 0.1) is 25.3 Å². The van der Waals surface area contributed by atoms with Gasteiger partial charge in [0.1, 0.15) is 0 Å². The van der Waals surface area contributed by atoms with E-state index in [1.165, 1.54) is 0 Å². The predicted molar refractivity (Wildman–Crippen MR) is 75.3 cm³/mol. The van der Waals surface area contributed by atoms with Crippen molar-refractivity contribution in [2.24, 2.45) is 0 Å². The molecule has 0 aliphatic rings. The minimum absolute atomic E-state index is 0.630. The molecule has 5 heteroatoms. The highest BCUT2D eigenvalue weighted by molar-refractivity contribution is 7.71. The molecule has 0 aromatic carbocycles. The predicted octanol–water partition coefficient (Wildman–Crippen LogP) is 3.00. The molecule has 0 atom stereocenters. The summed E-state index contributed by atoms with van der Waals surface area (Å²) in [7, 11) is 0.